The molecule has 1 aromatic heterocycles. The first-order valence-electron chi connectivity index (χ1n) is 3.71. The highest BCUT2D eigenvalue weighted by Crippen LogP contribution is 2.03. The summed E-state index contributed by atoms with van der Waals surface area (Å²) in [7, 11) is 0. The van der Waals surface area contributed by atoms with Crippen molar-refractivity contribution < 1.29 is 18.4 Å². The second kappa shape index (κ2) is 4.50. The van der Waals surface area contributed by atoms with Crippen LogP contribution in [0.1, 0.15) is 16.9 Å². The number of carbonyl (C=O) groups excluding carboxylic acids is 2. The SMILES string of the molecule is O=C(CC(=O)C(F)F)c1ccncn1. The standard InChI is InChI=1S/C8H6F2N2O2/c9-8(10)7(14)3-6(13)5-1-2-11-4-12-5/h1-2,4,8H,3H2. The summed E-state index contributed by atoms with van der Waals surface area (Å²) in [4.78, 5) is 28.7. The number of hydrogen-bond donors (Lipinski definition) is 0. The highest BCUT2D eigenvalue weighted by Gasteiger charge is 2.20. The lowest BCUT2D eigenvalue weighted by Gasteiger charge is -1.97. The van der Waals surface area contributed by atoms with E-state index in [0.717, 1.165) is 6.33 Å². The molecule has 1 heterocycles. The third kappa shape index (κ3) is 2.65. The van der Waals surface area contributed by atoms with Crippen molar-refractivity contribution in [1.82, 2.24) is 9.97 Å². The van der Waals surface area contributed by atoms with E-state index in [-0.39, 0.29) is 5.69 Å². The van der Waals surface area contributed by atoms with E-state index < -0.39 is 24.4 Å². The van der Waals surface area contributed by atoms with Gasteiger partial charge in [0.2, 0.25) is 5.78 Å². The second-order valence-corrected chi connectivity index (χ2v) is 2.46. The van der Waals surface area contributed by atoms with Gasteiger partial charge in [-0.2, -0.15) is 0 Å². The molecule has 0 aliphatic heterocycles. The predicted octanol–water partition coefficient (Wildman–Crippen LogP) is 0.884. The molecule has 0 N–H and O–H groups in total. The predicted molar refractivity (Wildman–Crippen MR) is 42.0 cm³/mol. The maximum Gasteiger partial charge on any atom is 0.296 e. The lowest BCUT2D eigenvalue weighted by atomic mass is 10.1. The van der Waals surface area contributed by atoms with E-state index in [0.29, 0.717) is 0 Å². The van der Waals surface area contributed by atoms with Crippen LogP contribution < -0.4 is 0 Å². The van der Waals surface area contributed by atoms with Crippen LogP contribution in [-0.2, 0) is 4.79 Å². The molecule has 74 valence electrons. The normalized spacial score (nSPS) is 10.2. The summed E-state index contributed by atoms with van der Waals surface area (Å²) in [5.41, 5.74) is -0.0333. The van der Waals surface area contributed by atoms with Gasteiger partial charge in [-0.05, 0) is 6.07 Å². The van der Waals surface area contributed by atoms with Crippen molar-refractivity contribution in [3.05, 3.63) is 24.3 Å². The average molecular weight is 200 g/mol. The van der Waals surface area contributed by atoms with Gasteiger partial charge in [0.25, 0.3) is 6.43 Å². The van der Waals surface area contributed by atoms with E-state index in [1.54, 1.807) is 0 Å². The molecule has 4 nitrogen and oxygen atoms in total. The Morgan fingerprint density at radius 1 is 1.43 bits per heavy atom. The summed E-state index contributed by atoms with van der Waals surface area (Å²) in [6.45, 7) is 0. The Kier molecular flexibility index (Phi) is 3.33. The van der Waals surface area contributed by atoms with Gasteiger partial charge in [-0.3, -0.25) is 9.59 Å². The molecule has 14 heavy (non-hydrogen) atoms. The van der Waals surface area contributed by atoms with Crippen LogP contribution in [0.25, 0.3) is 0 Å². The topological polar surface area (TPSA) is 59.9 Å². The fourth-order valence-corrected chi connectivity index (χ4v) is 0.782. The summed E-state index contributed by atoms with van der Waals surface area (Å²) in [6.07, 6.45) is -1.53. The van der Waals surface area contributed by atoms with Crippen LogP contribution in [0.15, 0.2) is 18.6 Å². The first kappa shape index (κ1) is 10.4. The van der Waals surface area contributed by atoms with Crippen LogP contribution in [-0.4, -0.2) is 28.0 Å². The van der Waals surface area contributed by atoms with E-state index in [1.807, 2.05) is 0 Å². The monoisotopic (exact) mass is 200 g/mol. The number of halogens is 2. The summed E-state index contributed by atoms with van der Waals surface area (Å²) in [5, 5.41) is 0. The van der Waals surface area contributed by atoms with E-state index >= 15 is 0 Å². The van der Waals surface area contributed by atoms with E-state index in [2.05, 4.69) is 9.97 Å². The third-order valence-electron chi connectivity index (χ3n) is 1.45. The fourth-order valence-electron chi connectivity index (χ4n) is 0.782. The molecule has 0 saturated heterocycles. The molecule has 0 atom stereocenters. The van der Waals surface area contributed by atoms with E-state index in [9.17, 15) is 18.4 Å². The minimum Gasteiger partial charge on any atom is -0.293 e. The van der Waals surface area contributed by atoms with Gasteiger partial charge in [0.15, 0.2) is 5.78 Å². The molecule has 0 saturated carbocycles. The van der Waals surface area contributed by atoms with Gasteiger partial charge in [-0.25, -0.2) is 18.7 Å². The van der Waals surface area contributed by atoms with Crippen LogP contribution >= 0.6 is 0 Å². The third-order valence-corrected chi connectivity index (χ3v) is 1.45. The summed E-state index contributed by atoms with van der Waals surface area (Å²) in [6, 6.07) is 1.26. The fraction of sp³-hybridized carbons (Fsp3) is 0.250. The number of Topliss-reactive ketones (excluding diaryl/α,β-unsaturated/α-hetero) is 2. The van der Waals surface area contributed by atoms with Crippen LogP contribution in [0.5, 0.6) is 0 Å². The molecule has 0 spiro atoms. The number of ketones is 2. The molecule has 1 rings (SSSR count). The largest absolute Gasteiger partial charge is 0.296 e. The van der Waals surface area contributed by atoms with Crippen molar-refractivity contribution in [2.75, 3.05) is 0 Å². The summed E-state index contributed by atoms with van der Waals surface area (Å²) >= 11 is 0. The van der Waals surface area contributed by atoms with Crippen LogP contribution in [0, 0.1) is 0 Å². The summed E-state index contributed by atoms with van der Waals surface area (Å²) in [5.74, 6) is -2.12. The Labute approximate surface area is 78.0 Å². The molecule has 0 bridgehead atoms. The zero-order valence-electron chi connectivity index (χ0n) is 6.98. The number of hydrogen-bond acceptors (Lipinski definition) is 4. The van der Waals surface area contributed by atoms with E-state index in [4.69, 9.17) is 0 Å². The van der Waals surface area contributed by atoms with E-state index in [1.165, 1.54) is 12.3 Å². The highest BCUT2D eigenvalue weighted by molar-refractivity contribution is 6.07. The van der Waals surface area contributed by atoms with Gasteiger partial charge >= 0.3 is 0 Å². The molecule has 0 amide bonds. The lowest BCUT2D eigenvalue weighted by Crippen LogP contribution is -2.16. The van der Waals surface area contributed by atoms with Gasteiger partial charge in [0, 0.05) is 6.20 Å². The first-order valence-corrected chi connectivity index (χ1v) is 3.71. The summed E-state index contributed by atoms with van der Waals surface area (Å²) < 4.78 is 23.5. The quantitative estimate of drug-likeness (QED) is 0.534. The van der Waals surface area contributed by atoms with Crippen molar-refractivity contribution in [1.29, 1.82) is 0 Å². The van der Waals surface area contributed by atoms with Crippen LogP contribution in [0.3, 0.4) is 0 Å². The lowest BCUT2D eigenvalue weighted by molar-refractivity contribution is -0.128. The number of aromatic nitrogens is 2. The Hall–Kier alpha value is -1.72. The van der Waals surface area contributed by atoms with Crippen molar-refractivity contribution in [3.63, 3.8) is 0 Å². The van der Waals surface area contributed by atoms with Gasteiger partial charge < -0.3 is 0 Å². The molecule has 1 aromatic rings. The van der Waals surface area contributed by atoms with Gasteiger partial charge in [0.1, 0.15) is 12.0 Å². The van der Waals surface area contributed by atoms with Crippen molar-refractivity contribution in [2.24, 2.45) is 0 Å². The highest BCUT2D eigenvalue weighted by atomic mass is 19.3. The zero-order valence-corrected chi connectivity index (χ0v) is 6.98. The van der Waals surface area contributed by atoms with Crippen LogP contribution in [0.2, 0.25) is 0 Å². The molecule has 0 aromatic carbocycles. The molecule has 0 fully saturated rings. The van der Waals surface area contributed by atoms with Crippen molar-refractivity contribution in [3.8, 4) is 0 Å². The molecule has 0 aliphatic rings. The van der Waals surface area contributed by atoms with Crippen molar-refractivity contribution in [2.45, 2.75) is 12.8 Å². The molecule has 0 radical (unpaired) electrons. The van der Waals surface area contributed by atoms with Crippen molar-refractivity contribution >= 4 is 11.6 Å². The maximum absolute atomic E-state index is 11.8. The minimum atomic E-state index is -3.11. The maximum atomic E-state index is 11.8. The van der Waals surface area contributed by atoms with Gasteiger partial charge in [-0.1, -0.05) is 0 Å². The number of alkyl halides is 2. The number of nitrogens with zero attached hydrogens (tertiary/aromatic N) is 2. The minimum absolute atomic E-state index is 0.0333. The Morgan fingerprint density at radius 3 is 2.64 bits per heavy atom. The van der Waals surface area contributed by atoms with Gasteiger partial charge in [-0.15, -0.1) is 0 Å². The Balaban J connectivity index is 2.65. The smallest absolute Gasteiger partial charge is 0.293 e. The zero-order chi connectivity index (χ0) is 10.6. The molecule has 6 heteroatoms. The second-order valence-electron chi connectivity index (χ2n) is 2.46. The Bertz CT molecular complexity index is 340. The Morgan fingerprint density at radius 2 is 2.14 bits per heavy atom. The molecule has 0 unspecified atom stereocenters. The average Bonchev–Trinajstić information content (AvgIpc) is 2.19. The van der Waals surface area contributed by atoms with Gasteiger partial charge in [0.05, 0.1) is 6.42 Å². The molecule has 0 aliphatic carbocycles. The first-order chi connectivity index (χ1) is 6.61. The molecular formula is C8H6F2N2O2. The number of rotatable bonds is 4. The molecular weight excluding hydrogens is 194 g/mol. The number of carbonyl (C=O) groups is 2. The van der Waals surface area contributed by atoms with Crippen LogP contribution in [0.4, 0.5) is 8.78 Å².